The molecule has 0 fully saturated rings. The molecule has 0 aliphatic heterocycles. The molecule has 2 aromatic rings. The molecule has 0 saturated carbocycles. The molecule has 1 aromatic carbocycles. The maximum absolute atomic E-state index is 12.0. The van der Waals surface area contributed by atoms with Crippen molar-refractivity contribution in [1.82, 2.24) is 9.55 Å². The zero-order valence-corrected chi connectivity index (χ0v) is 10.3. The molecule has 1 heterocycles. The quantitative estimate of drug-likeness (QED) is 0.618. The molecule has 3 nitrogen and oxygen atoms in total. The van der Waals surface area contributed by atoms with Crippen LogP contribution in [0.25, 0.3) is 11.0 Å². The number of para-hydroxylation sites is 2. The summed E-state index contributed by atoms with van der Waals surface area (Å²) in [5, 5.41) is 0. The number of aromatic nitrogens is 2. The number of allylic oxidation sites excluding steroid dienone is 2. The fourth-order valence-electron chi connectivity index (χ4n) is 1.74. The number of benzene rings is 1. The lowest BCUT2D eigenvalue weighted by atomic mass is 10.2. The lowest BCUT2D eigenvalue weighted by molar-refractivity contribution is 0.795. The van der Waals surface area contributed by atoms with Crippen LogP contribution in [0.4, 0.5) is 0 Å². The Labute approximate surface area is 104 Å². The number of halogens is 1. The molecule has 88 valence electrons. The Morgan fingerprint density at radius 3 is 2.88 bits per heavy atom. The summed E-state index contributed by atoms with van der Waals surface area (Å²) in [6.45, 7) is 2.26. The Kier molecular flexibility index (Phi) is 3.59. The Hall–Kier alpha value is -1.61. The van der Waals surface area contributed by atoms with Gasteiger partial charge in [-0.25, -0.2) is 4.98 Å². The van der Waals surface area contributed by atoms with E-state index in [-0.39, 0.29) is 5.56 Å². The predicted molar refractivity (Wildman–Crippen MR) is 70.6 cm³/mol. The molecule has 4 heteroatoms. The van der Waals surface area contributed by atoms with Gasteiger partial charge >= 0.3 is 0 Å². The van der Waals surface area contributed by atoms with E-state index in [0.717, 1.165) is 11.0 Å². The smallest absolute Gasteiger partial charge is 0.272 e. The van der Waals surface area contributed by atoms with Gasteiger partial charge in [-0.3, -0.25) is 4.79 Å². The van der Waals surface area contributed by atoms with Gasteiger partial charge in [-0.05, 0) is 19.1 Å². The van der Waals surface area contributed by atoms with Gasteiger partial charge < -0.3 is 4.57 Å². The molecule has 0 saturated heterocycles. The second-order valence-corrected chi connectivity index (χ2v) is 4.04. The van der Waals surface area contributed by atoms with Gasteiger partial charge in [0.15, 0.2) is 0 Å². The van der Waals surface area contributed by atoms with Crippen molar-refractivity contribution in [2.75, 3.05) is 5.88 Å². The monoisotopic (exact) mass is 248 g/mol. The van der Waals surface area contributed by atoms with Crippen LogP contribution in [0, 0.1) is 6.92 Å². The van der Waals surface area contributed by atoms with Crippen LogP contribution in [0.5, 0.6) is 0 Å². The van der Waals surface area contributed by atoms with Crippen molar-refractivity contribution < 1.29 is 0 Å². The third kappa shape index (κ3) is 2.39. The number of hydrogen-bond donors (Lipinski definition) is 0. The fraction of sp³-hybridized carbons (Fsp3) is 0.231. The highest BCUT2D eigenvalue weighted by Crippen LogP contribution is 2.09. The molecular formula is C13H13ClN2O. The van der Waals surface area contributed by atoms with E-state index in [9.17, 15) is 4.79 Å². The summed E-state index contributed by atoms with van der Waals surface area (Å²) in [5.41, 5.74) is 2.15. The molecule has 0 N–H and O–H groups in total. The van der Waals surface area contributed by atoms with Gasteiger partial charge in [0, 0.05) is 12.4 Å². The molecule has 0 radical (unpaired) electrons. The molecule has 0 aliphatic rings. The standard InChI is InChI=1S/C13H13ClN2O/c1-10-13(17)16(9-5-4-8-14)12-7-3-2-6-11(12)15-10/h2-7H,8-9H2,1H3. The first-order valence-electron chi connectivity index (χ1n) is 5.41. The molecule has 0 unspecified atom stereocenters. The number of aryl methyl sites for hydroxylation is 1. The first-order valence-corrected chi connectivity index (χ1v) is 5.94. The SMILES string of the molecule is Cc1nc2ccccc2n(CC=CCCl)c1=O. The van der Waals surface area contributed by atoms with Crippen LogP contribution in [-0.4, -0.2) is 15.4 Å². The highest BCUT2D eigenvalue weighted by molar-refractivity contribution is 6.18. The Balaban J connectivity index is 2.61. The van der Waals surface area contributed by atoms with E-state index in [0.29, 0.717) is 18.1 Å². The Bertz CT molecular complexity index is 616. The van der Waals surface area contributed by atoms with Crippen molar-refractivity contribution in [3.8, 4) is 0 Å². The van der Waals surface area contributed by atoms with Crippen molar-refractivity contribution >= 4 is 22.6 Å². The van der Waals surface area contributed by atoms with Crippen LogP contribution < -0.4 is 5.56 Å². The summed E-state index contributed by atoms with van der Waals surface area (Å²) in [7, 11) is 0. The second-order valence-electron chi connectivity index (χ2n) is 3.73. The summed E-state index contributed by atoms with van der Waals surface area (Å²) in [6.07, 6.45) is 3.72. The minimum absolute atomic E-state index is 0.0528. The molecular weight excluding hydrogens is 236 g/mol. The summed E-state index contributed by atoms with van der Waals surface area (Å²) < 4.78 is 1.71. The van der Waals surface area contributed by atoms with Crippen LogP contribution in [0.15, 0.2) is 41.2 Å². The largest absolute Gasteiger partial charge is 0.301 e. The summed E-state index contributed by atoms with van der Waals surface area (Å²) in [6, 6.07) is 7.62. The lowest BCUT2D eigenvalue weighted by Gasteiger charge is -2.08. The van der Waals surface area contributed by atoms with Gasteiger partial charge in [0.05, 0.1) is 11.0 Å². The first-order chi connectivity index (χ1) is 8.24. The van der Waals surface area contributed by atoms with Gasteiger partial charge in [0.2, 0.25) is 0 Å². The summed E-state index contributed by atoms with van der Waals surface area (Å²) >= 11 is 5.57. The zero-order valence-electron chi connectivity index (χ0n) is 9.56. The molecule has 0 aliphatic carbocycles. The number of rotatable bonds is 3. The molecule has 0 amide bonds. The normalized spacial score (nSPS) is 11.4. The van der Waals surface area contributed by atoms with E-state index in [1.165, 1.54) is 0 Å². The topological polar surface area (TPSA) is 34.9 Å². The zero-order chi connectivity index (χ0) is 12.3. The number of fused-ring (bicyclic) bond motifs is 1. The van der Waals surface area contributed by atoms with Gasteiger partial charge in [0.25, 0.3) is 5.56 Å². The number of nitrogens with zero attached hydrogens (tertiary/aromatic N) is 2. The molecule has 17 heavy (non-hydrogen) atoms. The first kappa shape index (κ1) is 11.9. The number of alkyl halides is 1. The maximum Gasteiger partial charge on any atom is 0.272 e. The maximum atomic E-state index is 12.0. The minimum atomic E-state index is -0.0528. The van der Waals surface area contributed by atoms with Gasteiger partial charge in [-0.15, -0.1) is 11.6 Å². The van der Waals surface area contributed by atoms with Crippen molar-refractivity contribution in [2.24, 2.45) is 0 Å². The van der Waals surface area contributed by atoms with Crippen LogP contribution in [0.2, 0.25) is 0 Å². The Morgan fingerprint density at radius 2 is 2.12 bits per heavy atom. The van der Waals surface area contributed by atoms with Gasteiger partial charge in [0.1, 0.15) is 5.69 Å². The van der Waals surface area contributed by atoms with Crippen LogP contribution in [0.1, 0.15) is 5.69 Å². The van der Waals surface area contributed by atoms with Crippen LogP contribution in [-0.2, 0) is 6.54 Å². The van der Waals surface area contributed by atoms with Gasteiger partial charge in [-0.2, -0.15) is 0 Å². The molecule has 0 bridgehead atoms. The van der Waals surface area contributed by atoms with Crippen molar-refractivity contribution in [3.05, 3.63) is 52.5 Å². The lowest BCUT2D eigenvalue weighted by Crippen LogP contribution is -2.23. The van der Waals surface area contributed by atoms with E-state index in [1.807, 2.05) is 36.4 Å². The van der Waals surface area contributed by atoms with Crippen molar-refractivity contribution in [1.29, 1.82) is 0 Å². The fourth-order valence-corrected chi connectivity index (χ4v) is 1.87. The molecule has 1 aromatic heterocycles. The third-order valence-electron chi connectivity index (χ3n) is 2.56. The average molecular weight is 249 g/mol. The van der Waals surface area contributed by atoms with E-state index in [1.54, 1.807) is 11.5 Å². The van der Waals surface area contributed by atoms with Crippen LogP contribution >= 0.6 is 11.6 Å². The van der Waals surface area contributed by atoms with Gasteiger partial charge in [-0.1, -0.05) is 24.3 Å². The van der Waals surface area contributed by atoms with E-state index in [2.05, 4.69) is 4.98 Å². The third-order valence-corrected chi connectivity index (χ3v) is 2.74. The summed E-state index contributed by atoms with van der Waals surface area (Å²) in [4.78, 5) is 16.3. The van der Waals surface area contributed by atoms with Crippen LogP contribution in [0.3, 0.4) is 0 Å². The van der Waals surface area contributed by atoms with Crippen molar-refractivity contribution in [3.63, 3.8) is 0 Å². The highest BCUT2D eigenvalue weighted by Gasteiger charge is 2.05. The average Bonchev–Trinajstić information content (AvgIpc) is 2.34. The van der Waals surface area contributed by atoms with E-state index < -0.39 is 0 Å². The Morgan fingerprint density at radius 1 is 1.35 bits per heavy atom. The molecule has 2 rings (SSSR count). The highest BCUT2D eigenvalue weighted by atomic mass is 35.5. The van der Waals surface area contributed by atoms with E-state index in [4.69, 9.17) is 11.6 Å². The summed E-state index contributed by atoms with van der Waals surface area (Å²) in [5.74, 6) is 0.455. The molecule has 0 spiro atoms. The van der Waals surface area contributed by atoms with E-state index >= 15 is 0 Å². The van der Waals surface area contributed by atoms with Crippen molar-refractivity contribution in [2.45, 2.75) is 13.5 Å². The molecule has 0 atom stereocenters. The number of hydrogen-bond acceptors (Lipinski definition) is 2. The second kappa shape index (κ2) is 5.15. The minimum Gasteiger partial charge on any atom is -0.301 e. The predicted octanol–water partition coefficient (Wildman–Crippen LogP) is 2.50.